The van der Waals surface area contributed by atoms with Crippen LogP contribution < -0.4 is 37.9 Å². The van der Waals surface area contributed by atoms with Gasteiger partial charge < -0.3 is 57.2 Å². The highest BCUT2D eigenvalue weighted by Gasteiger charge is 2.44. The molecule has 4 atom stereocenters. The predicted octanol–water partition coefficient (Wildman–Crippen LogP) is 4.77. The molecule has 406 valence electrons. The van der Waals surface area contributed by atoms with Crippen molar-refractivity contribution < 1.29 is 76.1 Å². The minimum Gasteiger partial charge on any atom is -0.493 e. The first-order valence-corrected chi connectivity index (χ1v) is 25.0. The number of fused-ring (bicyclic) bond motifs is 4. The lowest BCUT2D eigenvalue weighted by Crippen LogP contribution is -2.43. The topological polar surface area (TPSA) is 208 Å². The minimum atomic E-state index is -1.83. The summed E-state index contributed by atoms with van der Waals surface area (Å²) >= 11 is 0. The lowest BCUT2D eigenvalue weighted by molar-refractivity contribution is -0.180. The number of carbonyl (C=O) groups is 6. The lowest BCUT2D eigenvalue weighted by atomic mass is 9.77. The molecule has 4 aliphatic rings. The fourth-order valence-corrected chi connectivity index (χ4v) is 10.7. The molecule has 0 bridgehead atoms. The van der Waals surface area contributed by atoms with Gasteiger partial charge in [-0.1, -0.05) is 0 Å². The molecule has 4 amide bonds. The van der Waals surface area contributed by atoms with Crippen LogP contribution in [-0.4, -0.2) is 165 Å². The number of methoxy groups -OCH3 is 8. The Hall–Kier alpha value is -7.58. The number of hydrogen-bond donors (Lipinski definition) is 0. The van der Waals surface area contributed by atoms with Crippen molar-refractivity contribution in [2.75, 3.05) is 110 Å². The Kier molecular flexibility index (Phi) is 16.9. The molecule has 2 aliphatic heterocycles. The van der Waals surface area contributed by atoms with Gasteiger partial charge in [0.05, 0.1) is 69.7 Å². The third-order valence-electron chi connectivity index (χ3n) is 14.7. The van der Waals surface area contributed by atoms with Gasteiger partial charge in [-0.05, 0) is 135 Å². The van der Waals surface area contributed by atoms with E-state index in [1.165, 1.54) is 75.0 Å². The first kappa shape index (κ1) is 54.7. The van der Waals surface area contributed by atoms with Gasteiger partial charge in [0.1, 0.15) is 0 Å². The van der Waals surface area contributed by atoms with Crippen LogP contribution in [0, 0.1) is 0 Å². The second-order valence-corrected chi connectivity index (χ2v) is 19.3. The molecule has 76 heavy (non-hydrogen) atoms. The summed E-state index contributed by atoms with van der Waals surface area (Å²) in [5.74, 6) is -2.19. The van der Waals surface area contributed by atoms with Crippen LogP contribution in [0.1, 0.15) is 81.4 Å². The Morgan fingerprint density at radius 2 is 0.737 bits per heavy atom. The van der Waals surface area contributed by atoms with Gasteiger partial charge in [0, 0.05) is 49.1 Å². The SMILES string of the molecule is COc1cc2c(cc1OC)C(OC(=O)C(=O)OC1C(=O)N(CCCN(C)C[C@H]3Cc4cc(OC)c(OC)cc43)C(=O)Cc3cc(OC)c(OC)cc31)C(=O)N(CCCN(C)C[C@H]1Cc3cc(OC)c(OC)cc31)C(=O)C2. The molecule has 4 aromatic rings. The third kappa shape index (κ3) is 11.0. The minimum absolute atomic E-state index is 0.0350. The van der Waals surface area contributed by atoms with Gasteiger partial charge in [-0.2, -0.15) is 0 Å². The molecule has 0 aromatic heterocycles. The Bertz CT molecular complexity index is 2710. The molecular weight excluding hydrogens is 985 g/mol. The first-order valence-electron chi connectivity index (χ1n) is 25.0. The quantitative estimate of drug-likeness (QED) is 0.0590. The summed E-state index contributed by atoms with van der Waals surface area (Å²) in [7, 11) is 15.9. The highest BCUT2D eigenvalue weighted by molar-refractivity contribution is 6.30. The smallest absolute Gasteiger partial charge is 0.418 e. The van der Waals surface area contributed by atoms with Crippen LogP contribution in [-0.2, 0) is 63.9 Å². The fraction of sp³-hybridized carbons (Fsp3) is 0.464. The van der Waals surface area contributed by atoms with E-state index >= 15 is 0 Å². The monoisotopic (exact) mass is 1050 g/mol. The van der Waals surface area contributed by atoms with Crippen molar-refractivity contribution in [1.82, 2.24) is 19.6 Å². The molecule has 20 nitrogen and oxygen atoms in total. The van der Waals surface area contributed by atoms with E-state index in [-0.39, 0.29) is 71.9 Å². The van der Waals surface area contributed by atoms with Crippen molar-refractivity contribution in [1.29, 1.82) is 0 Å². The fourth-order valence-electron chi connectivity index (χ4n) is 10.7. The summed E-state index contributed by atoms with van der Waals surface area (Å²) in [6.07, 6.45) is -1.74. The normalized spacial score (nSPS) is 18.5. The zero-order valence-corrected chi connectivity index (χ0v) is 44.7. The predicted molar refractivity (Wildman–Crippen MR) is 274 cm³/mol. The molecule has 20 heteroatoms. The van der Waals surface area contributed by atoms with Crippen LogP contribution in [0.5, 0.6) is 46.0 Å². The van der Waals surface area contributed by atoms with E-state index < -0.39 is 47.8 Å². The Labute approximate surface area is 441 Å². The summed E-state index contributed by atoms with van der Waals surface area (Å²) in [4.78, 5) is 91.7. The van der Waals surface area contributed by atoms with Gasteiger partial charge in [0.2, 0.25) is 24.0 Å². The van der Waals surface area contributed by atoms with Crippen LogP contribution in [0.2, 0.25) is 0 Å². The van der Waals surface area contributed by atoms with Crippen molar-refractivity contribution in [3.8, 4) is 46.0 Å². The molecule has 0 saturated heterocycles. The summed E-state index contributed by atoms with van der Waals surface area (Å²) in [6.45, 7) is 2.36. The van der Waals surface area contributed by atoms with E-state index in [0.29, 0.717) is 73.1 Å². The van der Waals surface area contributed by atoms with Gasteiger partial charge in [0.25, 0.3) is 11.8 Å². The van der Waals surface area contributed by atoms with E-state index in [1.54, 1.807) is 28.4 Å². The van der Waals surface area contributed by atoms with E-state index in [0.717, 1.165) is 22.6 Å². The third-order valence-corrected chi connectivity index (χ3v) is 14.7. The number of rotatable bonds is 22. The van der Waals surface area contributed by atoms with E-state index in [4.69, 9.17) is 47.4 Å². The zero-order valence-electron chi connectivity index (χ0n) is 44.7. The van der Waals surface area contributed by atoms with Gasteiger partial charge in [-0.3, -0.25) is 29.0 Å². The Balaban J connectivity index is 0.977. The standard InChI is InChI=1S/C56H66N4O16/c1-57(29-35-17-31-19-41(67-3)45(71-7)25-37(31)35)13-11-15-59-49(61)23-33-21-43(69-5)47(73-9)27-39(33)51(53(59)63)75-55(65)56(66)76-52-40-28-48(74-10)44(70-6)22-34(40)24-50(62)60(54(52)64)16-12-14-58(2)30-36-18-32-20-42(68-4)46(72-8)26-38(32)36/h19-22,25-28,35-36,51-52H,11-18,23-24,29-30H2,1-10H3/t35-,36-,51?,52?/m1/s1. The lowest BCUT2D eigenvalue weighted by Gasteiger charge is -2.34. The number of benzene rings is 4. The summed E-state index contributed by atoms with van der Waals surface area (Å²) in [5.41, 5.74) is 5.47. The van der Waals surface area contributed by atoms with Crippen molar-refractivity contribution in [2.45, 2.75) is 62.6 Å². The maximum absolute atomic E-state index is 14.6. The molecule has 2 aliphatic carbocycles. The van der Waals surface area contributed by atoms with Crippen molar-refractivity contribution in [3.63, 3.8) is 0 Å². The molecular formula is C56H66N4O16. The summed E-state index contributed by atoms with van der Waals surface area (Å²) in [5, 5.41) is 0. The average Bonchev–Trinajstić information content (AvgIpc) is 3.58. The average molecular weight is 1050 g/mol. The Morgan fingerprint density at radius 1 is 0.447 bits per heavy atom. The number of esters is 2. The van der Waals surface area contributed by atoms with Gasteiger partial charge >= 0.3 is 11.9 Å². The van der Waals surface area contributed by atoms with Crippen molar-refractivity contribution in [3.05, 3.63) is 93.0 Å². The second-order valence-electron chi connectivity index (χ2n) is 19.3. The van der Waals surface area contributed by atoms with Gasteiger partial charge in [-0.25, -0.2) is 9.59 Å². The number of imide groups is 2. The summed E-state index contributed by atoms with van der Waals surface area (Å²) < 4.78 is 55.6. The summed E-state index contributed by atoms with van der Waals surface area (Å²) in [6, 6.07) is 13.9. The molecule has 0 saturated carbocycles. The highest BCUT2D eigenvalue weighted by Crippen LogP contribution is 2.45. The van der Waals surface area contributed by atoms with Crippen LogP contribution in [0.4, 0.5) is 0 Å². The number of hydrogen-bond acceptors (Lipinski definition) is 18. The number of amides is 4. The zero-order chi connectivity index (χ0) is 54.5. The van der Waals surface area contributed by atoms with Crippen LogP contribution in [0.3, 0.4) is 0 Å². The molecule has 4 aromatic carbocycles. The van der Waals surface area contributed by atoms with Crippen LogP contribution in [0.15, 0.2) is 48.5 Å². The molecule has 8 rings (SSSR count). The van der Waals surface area contributed by atoms with Crippen molar-refractivity contribution in [2.24, 2.45) is 0 Å². The van der Waals surface area contributed by atoms with Gasteiger partial charge in [-0.15, -0.1) is 0 Å². The molecule has 2 heterocycles. The largest absolute Gasteiger partial charge is 0.493 e. The molecule has 0 radical (unpaired) electrons. The number of ether oxygens (including phenoxy) is 10. The molecule has 0 spiro atoms. The maximum atomic E-state index is 14.6. The molecule has 2 unspecified atom stereocenters. The van der Waals surface area contributed by atoms with Gasteiger partial charge in [0.15, 0.2) is 46.0 Å². The highest BCUT2D eigenvalue weighted by atomic mass is 16.6. The van der Waals surface area contributed by atoms with Crippen molar-refractivity contribution >= 4 is 35.6 Å². The molecule has 0 N–H and O–H groups in total. The second kappa shape index (κ2) is 23.5. The number of likely N-dealkylation sites (N-methyl/N-ethyl adjacent to an activating group) is 2. The van der Waals surface area contributed by atoms with E-state index in [1.807, 2.05) is 38.4 Å². The molecule has 0 fully saturated rings. The van der Waals surface area contributed by atoms with E-state index in [2.05, 4.69) is 9.80 Å². The van der Waals surface area contributed by atoms with Crippen LogP contribution >= 0.6 is 0 Å². The maximum Gasteiger partial charge on any atom is 0.418 e. The van der Waals surface area contributed by atoms with E-state index in [9.17, 15) is 28.8 Å². The number of carbonyl (C=O) groups excluding carboxylic acids is 6. The Morgan fingerprint density at radius 3 is 1.05 bits per heavy atom. The van der Waals surface area contributed by atoms with Crippen LogP contribution in [0.25, 0.3) is 0 Å². The number of nitrogens with zero attached hydrogens (tertiary/aromatic N) is 4. The first-order chi connectivity index (χ1) is 36.6.